The minimum absolute atomic E-state index is 0.00717. The Kier molecular flexibility index (Phi) is 6.32. The van der Waals surface area contributed by atoms with E-state index in [1.54, 1.807) is 31.2 Å². The summed E-state index contributed by atoms with van der Waals surface area (Å²) in [5, 5.41) is 0. The highest BCUT2D eigenvalue weighted by Gasteiger charge is 2.33. The van der Waals surface area contributed by atoms with Gasteiger partial charge in [0, 0.05) is 23.7 Å². The summed E-state index contributed by atoms with van der Waals surface area (Å²) in [6.07, 6.45) is 0.447. The molecular formula is C21H22FNO5S. The number of benzene rings is 2. The lowest BCUT2D eigenvalue weighted by atomic mass is 10.0. The van der Waals surface area contributed by atoms with E-state index in [1.165, 1.54) is 29.2 Å². The van der Waals surface area contributed by atoms with Crippen molar-refractivity contribution in [3.05, 3.63) is 65.5 Å². The zero-order valence-corrected chi connectivity index (χ0v) is 16.8. The van der Waals surface area contributed by atoms with Crippen LogP contribution in [0.3, 0.4) is 0 Å². The molecule has 0 bridgehead atoms. The molecule has 0 N–H and O–H groups in total. The number of amides is 1. The van der Waals surface area contributed by atoms with E-state index in [9.17, 15) is 22.4 Å². The summed E-state index contributed by atoms with van der Waals surface area (Å²) in [5.74, 6) is -0.415. The summed E-state index contributed by atoms with van der Waals surface area (Å²) < 4.78 is 41.8. The van der Waals surface area contributed by atoms with E-state index >= 15 is 0 Å². The van der Waals surface area contributed by atoms with Gasteiger partial charge in [0.05, 0.1) is 11.5 Å². The SMILES string of the molecule is CCN(C(=O)COc1ccc(C(=O)c2ccc(F)cc2)cc1)[C@H]1CCS(=O)(=O)C1. The number of sulfone groups is 1. The molecule has 0 aliphatic carbocycles. The van der Waals surface area contributed by atoms with Crippen LogP contribution in [0, 0.1) is 5.82 Å². The summed E-state index contributed by atoms with van der Waals surface area (Å²) >= 11 is 0. The third kappa shape index (κ3) is 5.20. The van der Waals surface area contributed by atoms with Crippen molar-refractivity contribution in [1.82, 2.24) is 4.90 Å². The van der Waals surface area contributed by atoms with E-state index in [4.69, 9.17) is 4.74 Å². The molecule has 3 rings (SSSR count). The van der Waals surface area contributed by atoms with Gasteiger partial charge in [0.25, 0.3) is 5.91 Å². The van der Waals surface area contributed by atoms with E-state index < -0.39 is 15.7 Å². The highest BCUT2D eigenvalue weighted by atomic mass is 32.2. The molecule has 0 saturated carbocycles. The van der Waals surface area contributed by atoms with Crippen molar-refractivity contribution >= 4 is 21.5 Å². The molecule has 8 heteroatoms. The van der Waals surface area contributed by atoms with Gasteiger partial charge in [0.2, 0.25) is 0 Å². The number of likely N-dealkylation sites (N-methyl/N-ethyl adjacent to an activating group) is 1. The predicted octanol–water partition coefficient (Wildman–Crippen LogP) is 2.47. The zero-order valence-electron chi connectivity index (χ0n) is 16.0. The Bertz CT molecular complexity index is 987. The molecule has 1 aliphatic rings. The molecule has 0 spiro atoms. The second-order valence-corrected chi connectivity index (χ2v) is 9.11. The molecule has 154 valence electrons. The molecule has 0 radical (unpaired) electrons. The maximum absolute atomic E-state index is 13.0. The van der Waals surface area contributed by atoms with Crippen molar-refractivity contribution in [2.24, 2.45) is 0 Å². The van der Waals surface area contributed by atoms with Crippen molar-refractivity contribution in [3.8, 4) is 5.75 Å². The summed E-state index contributed by atoms with van der Waals surface area (Å²) in [5.41, 5.74) is 0.794. The van der Waals surface area contributed by atoms with Gasteiger partial charge in [-0.1, -0.05) is 0 Å². The molecule has 2 aromatic rings. The number of halogens is 1. The van der Waals surface area contributed by atoms with Gasteiger partial charge in [-0.3, -0.25) is 9.59 Å². The van der Waals surface area contributed by atoms with Crippen LogP contribution in [0.25, 0.3) is 0 Å². The predicted molar refractivity (Wildman–Crippen MR) is 106 cm³/mol. The van der Waals surface area contributed by atoms with Crippen LogP contribution in [0.2, 0.25) is 0 Å². The van der Waals surface area contributed by atoms with Crippen molar-refractivity contribution in [2.75, 3.05) is 24.7 Å². The van der Waals surface area contributed by atoms with Crippen LogP contribution in [0.15, 0.2) is 48.5 Å². The minimum Gasteiger partial charge on any atom is -0.484 e. The first-order valence-electron chi connectivity index (χ1n) is 9.32. The quantitative estimate of drug-likeness (QED) is 0.644. The van der Waals surface area contributed by atoms with Crippen LogP contribution in [0.1, 0.15) is 29.3 Å². The molecule has 0 unspecified atom stereocenters. The lowest BCUT2D eigenvalue weighted by Crippen LogP contribution is -2.43. The first-order chi connectivity index (χ1) is 13.8. The molecule has 0 aromatic heterocycles. The van der Waals surface area contributed by atoms with E-state index in [2.05, 4.69) is 0 Å². The van der Waals surface area contributed by atoms with Crippen LogP contribution in [-0.2, 0) is 14.6 Å². The number of rotatable bonds is 7. The normalized spacial score (nSPS) is 17.7. The minimum atomic E-state index is -3.08. The molecule has 1 saturated heterocycles. The molecule has 6 nitrogen and oxygen atoms in total. The number of carbonyl (C=O) groups excluding carboxylic acids is 2. The first-order valence-corrected chi connectivity index (χ1v) is 11.1. The Labute approximate surface area is 169 Å². The van der Waals surface area contributed by atoms with Crippen LogP contribution < -0.4 is 4.74 Å². The number of ether oxygens (including phenoxy) is 1. The Hall–Kier alpha value is -2.74. The highest BCUT2D eigenvalue weighted by Crippen LogP contribution is 2.19. The topological polar surface area (TPSA) is 80.8 Å². The largest absolute Gasteiger partial charge is 0.484 e. The van der Waals surface area contributed by atoms with Gasteiger partial charge < -0.3 is 9.64 Å². The van der Waals surface area contributed by atoms with E-state index in [0.717, 1.165) is 0 Å². The molecule has 1 atom stereocenters. The van der Waals surface area contributed by atoms with Gasteiger partial charge in [-0.2, -0.15) is 0 Å². The molecule has 2 aromatic carbocycles. The van der Waals surface area contributed by atoms with Crippen molar-refractivity contribution in [1.29, 1.82) is 0 Å². The number of ketones is 1. The summed E-state index contributed by atoms with van der Waals surface area (Å²) in [4.78, 5) is 26.4. The number of hydrogen-bond donors (Lipinski definition) is 0. The lowest BCUT2D eigenvalue weighted by molar-refractivity contribution is -0.135. The van der Waals surface area contributed by atoms with E-state index in [1.807, 2.05) is 0 Å². The molecule has 1 amide bonds. The fraction of sp³-hybridized carbons (Fsp3) is 0.333. The lowest BCUT2D eigenvalue weighted by Gasteiger charge is -2.26. The Balaban J connectivity index is 1.59. The van der Waals surface area contributed by atoms with Crippen molar-refractivity contribution in [2.45, 2.75) is 19.4 Å². The van der Waals surface area contributed by atoms with Crippen LogP contribution in [0.4, 0.5) is 4.39 Å². The third-order valence-corrected chi connectivity index (χ3v) is 6.65. The van der Waals surface area contributed by atoms with Gasteiger partial charge in [-0.05, 0) is 61.9 Å². The van der Waals surface area contributed by atoms with Gasteiger partial charge in [0.15, 0.2) is 22.2 Å². The number of nitrogens with zero attached hydrogens (tertiary/aromatic N) is 1. The molecule has 29 heavy (non-hydrogen) atoms. The summed E-state index contributed by atoms with van der Waals surface area (Å²) in [6.45, 7) is 2.00. The van der Waals surface area contributed by atoms with E-state index in [-0.39, 0.29) is 35.8 Å². The second kappa shape index (κ2) is 8.73. The van der Waals surface area contributed by atoms with Crippen molar-refractivity contribution < 1.29 is 27.1 Å². The Morgan fingerprint density at radius 3 is 2.17 bits per heavy atom. The van der Waals surface area contributed by atoms with Gasteiger partial charge in [0.1, 0.15) is 11.6 Å². The maximum Gasteiger partial charge on any atom is 0.260 e. The summed E-state index contributed by atoms with van der Waals surface area (Å²) in [6, 6.07) is 11.3. The molecule has 1 heterocycles. The third-order valence-electron chi connectivity index (χ3n) is 4.90. The Morgan fingerprint density at radius 2 is 1.66 bits per heavy atom. The number of hydrogen-bond acceptors (Lipinski definition) is 5. The average molecular weight is 419 g/mol. The molecule has 1 fully saturated rings. The fourth-order valence-electron chi connectivity index (χ4n) is 3.36. The van der Waals surface area contributed by atoms with Gasteiger partial charge >= 0.3 is 0 Å². The summed E-state index contributed by atoms with van der Waals surface area (Å²) in [7, 11) is -3.08. The van der Waals surface area contributed by atoms with Gasteiger partial charge in [-0.25, -0.2) is 12.8 Å². The van der Waals surface area contributed by atoms with Crippen LogP contribution in [-0.4, -0.2) is 55.7 Å². The maximum atomic E-state index is 13.0. The average Bonchev–Trinajstić information content (AvgIpc) is 3.06. The van der Waals surface area contributed by atoms with Gasteiger partial charge in [-0.15, -0.1) is 0 Å². The van der Waals surface area contributed by atoms with Crippen LogP contribution in [0.5, 0.6) is 5.75 Å². The van der Waals surface area contributed by atoms with Crippen LogP contribution >= 0.6 is 0 Å². The zero-order chi connectivity index (χ0) is 21.0. The Morgan fingerprint density at radius 1 is 1.07 bits per heavy atom. The molecule has 1 aliphatic heterocycles. The monoisotopic (exact) mass is 419 g/mol. The van der Waals surface area contributed by atoms with Crippen molar-refractivity contribution in [3.63, 3.8) is 0 Å². The number of carbonyl (C=O) groups is 2. The fourth-order valence-corrected chi connectivity index (χ4v) is 5.09. The standard InChI is InChI=1S/C21H22FNO5S/c1-2-23(18-11-12-29(26,27)14-18)20(24)13-28-19-9-5-16(6-10-19)21(25)15-3-7-17(22)8-4-15/h3-10,18H,2,11-14H2,1H3/t18-/m0/s1. The highest BCUT2D eigenvalue weighted by molar-refractivity contribution is 7.91. The molecular weight excluding hydrogens is 397 g/mol. The smallest absolute Gasteiger partial charge is 0.260 e. The first kappa shape index (κ1) is 21.0. The second-order valence-electron chi connectivity index (χ2n) is 6.89. The van der Waals surface area contributed by atoms with E-state index in [0.29, 0.717) is 29.8 Å².